The molecule has 5 heteroatoms. The molecule has 3 aromatic rings. The molecule has 0 atom stereocenters. The van der Waals surface area contributed by atoms with E-state index in [1.807, 2.05) is 42.0 Å². The molecule has 0 radical (unpaired) electrons. The second-order valence-electron chi connectivity index (χ2n) is 4.40. The fraction of sp³-hybridized carbons (Fsp3) is 0.214. The van der Waals surface area contributed by atoms with Gasteiger partial charge in [-0.15, -0.1) is 0 Å². The van der Waals surface area contributed by atoms with Crippen LogP contribution in [0.25, 0.3) is 5.52 Å². The first kappa shape index (κ1) is 11.8. The highest BCUT2D eigenvalue weighted by atomic mass is 15.2. The van der Waals surface area contributed by atoms with Crippen molar-refractivity contribution in [1.29, 1.82) is 0 Å². The summed E-state index contributed by atoms with van der Waals surface area (Å²) in [5.74, 6) is 0.801. The zero-order valence-corrected chi connectivity index (χ0v) is 10.7. The predicted octanol–water partition coefficient (Wildman–Crippen LogP) is 1.72. The Kier molecular flexibility index (Phi) is 3.20. The lowest BCUT2D eigenvalue weighted by molar-refractivity contribution is 0.677. The molecular weight excluding hydrogens is 238 g/mol. The minimum atomic E-state index is 0.730. The molecular formula is C14H15N5. The molecule has 0 bridgehead atoms. The van der Waals surface area contributed by atoms with Gasteiger partial charge < -0.3 is 5.32 Å². The Morgan fingerprint density at radius 3 is 3.05 bits per heavy atom. The number of hydrogen-bond acceptors (Lipinski definition) is 4. The summed E-state index contributed by atoms with van der Waals surface area (Å²) in [6.45, 7) is 3.40. The molecule has 3 heterocycles. The van der Waals surface area contributed by atoms with Gasteiger partial charge in [-0.1, -0.05) is 6.07 Å². The Hall–Kier alpha value is -2.27. The normalized spacial score (nSPS) is 11.0. The van der Waals surface area contributed by atoms with E-state index in [1.165, 1.54) is 5.56 Å². The molecule has 96 valence electrons. The van der Waals surface area contributed by atoms with E-state index in [4.69, 9.17) is 0 Å². The third-order valence-corrected chi connectivity index (χ3v) is 2.96. The minimum Gasteiger partial charge on any atom is -0.307 e. The van der Waals surface area contributed by atoms with Gasteiger partial charge in [0.15, 0.2) is 0 Å². The molecule has 0 aliphatic heterocycles. The third-order valence-electron chi connectivity index (χ3n) is 2.96. The number of pyridine rings is 1. The van der Waals surface area contributed by atoms with E-state index in [2.05, 4.69) is 26.4 Å². The van der Waals surface area contributed by atoms with Crippen LogP contribution in [0.5, 0.6) is 0 Å². The van der Waals surface area contributed by atoms with Crippen LogP contribution in [0.15, 0.2) is 42.9 Å². The van der Waals surface area contributed by atoms with E-state index in [-0.39, 0.29) is 0 Å². The molecule has 0 aromatic carbocycles. The topological polar surface area (TPSA) is 55.1 Å². The van der Waals surface area contributed by atoms with Crippen molar-refractivity contribution in [3.05, 3.63) is 59.9 Å². The van der Waals surface area contributed by atoms with Crippen LogP contribution < -0.4 is 5.32 Å². The molecule has 19 heavy (non-hydrogen) atoms. The first-order chi connectivity index (χ1) is 9.33. The van der Waals surface area contributed by atoms with Crippen LogP contribution in [-0.4, -0.2) is 19.6 Å². The Bertz CT molecular complexity index is 689. The van der Waals surface area contributed by atoms with Crippen molar-refractivity contribution >= 4 is 5.52 Å². The van der Waals surface area contributed by atoms with Crippen LogP contribution >= 0.6 is 0 Å². The Labute approximate surface area is 111 Å². The van der Waals surface area contributed by atoms with E-state index in [0.29, 0.717) is 0 Å². The predicted molar refractivity (Wildman–Crippen MR) is 72.5 cm³/mol. The largest absolute Gasteiger partial charge is 0.307 e. The third kappa shape index (κ3) is 2.61. The van der Waals surface area contributed by atoms with Crippen LogP contribution in [0.2, 0.25) is 0 Å². The quantitative estimate of drug-likeness (QED) is 0.769. The molecule has 1 N–H and O–H groups in total. The summed E-state index contributed by atoms with van der Waals surface area (Å²) in [7, 11) is 0. The van der Waals surface area contributed by atoms with Gasteiger partial charge >= 0.3 is 0 Å². The summed E-state index contributed by atoms with van der Waals surface area (Å²) in [4.78, 5) is 8.45. The highest BCUT2D eigenvalue weighted by Crippen LogP contribution is 2.09. The van der Waals surface area contributed by atoms with E-state index < -0.39 is 0 Å². The SMILES string of the molecule is Cc1nccc(CNCc2cnn3ccccc23)n1. The van der Waals surface area contributed by atoms with Gasteiger partial charge in [-0.25, -0.2) is 14.5 Å². The minimum absolute atomic E-state index is 0.730. The molecule has 0 saturated heterocycles. The highest BCUT2D eigenvalue weighted by molar-refractivity contribution is 5.53. The average molecular weight is 253 g/mol. The van der Waals surface area contributed by atoms with Gasteiger partial charge in [0.25, 0.3) is 0 Å². The number of fused-ring (bicyclic) bond motifs is 1. The smallest absolute Gasteiger partial charge is 0.125 e. The van der Waals surface area contributed by atoms with Crippen LogP contribution in [0.4, 0.5) is 0 Å². The van der Waals surface area contributed by atoms with Crippen LogP contribution in [0, 0.1) is 6.92 Å². The van der Waals surface area contributed by atoms with Crippen LogP contribution in [0.1, 0.15) is 17.1 Å². The van der Waals surface area contributed by atoms with Gasteiger partial charge in [0, 0.05) is 31.0 Å². The van der Waals surface area contributed by atoms with Gasteiger partial charge in [-0.2, -0.15) is 5.10 Å². The molecule has 0 saturated carbocycles. The molecule has 0 fully saturated rings. The maximum Gasteiger partial charge on any atom is 0.125 e. The average Bonchev–Trinajstić information content (AvgIpc) is 2.83. The zero-order valence-electron chi connectivity index (χ0n) is 10.7. The maximum atomic E-state index is 4.36. The van der Waals surface area contributed by atoms with Gasteiger partial charge in [0.2, 0.25) is 0 Å². The lowest BCUT2D eigenvalue weighted by Gasteiger charge is -2.03. The van der Waals surface area contributed by atoms with E-state index in [1.54, 1.807) is 6.20 Å². The first-order valence-corrected chi connectivity index (χ1v) is 6.23. The number of nitrogens with one attached hydrogen (secondary N) is 1. The van der Waals surface area contributed by atoms with Crippen molar-refractivity contribution in [3.8, 4) is 0 Å². The summed E-state index contributed by atoms with van der Waals surface area (Å²) in [6.07, 6.45) is 5.63. The lowest BCUT2D eigenvalue weighted by atomic mass is 10.2. The van der Waals surface area contributed by atoms with E-state index >= 15 is 0 Å². The summed E-state index contributed by atoms with van der Waals surface area (Å²) < 4.78 is 1.88. The second kappa shape index (κ2) is 5.16. The van der Waals surface area contributed by atoms with Crippen molar-refractivity contribution in [2.24, 2.45) is 0 Å². The van der Waals surface area contributed by atoms with Crippen molar-refractivity contribution < 1.29 is 0 Å². The summed E-state index contributed by atoms with van der Waals surface area (Å²) in [5, 5.41) is 7.69. The molecule has 0 aliphatic rings. The molecule has 3 rings (SSSR count). The fourth-order valence-corrected chi connectivity index (χ4v) is 2.05. The van der Waals surface area contributed by atoms with Crippen LogP contribution in [0.3, 0.4) is 0 Å². The molecule has 0 spiro atoms. The second-order valence-corrected chi connectivity index (χ2v) is 4.40. The highest BCUT2D eigenvalue weighted by Gasteiger charge is 2.02. The van der Waals surface area contributed by atoms with E-state index in [0.717, 1.165) is 30.1 Å². The number of rotatable bonds is 4. The zero-order chi connectivity index (χ0) is 13.1. The summed E-state index contributed by atoms with van der Waals surface area (Å²) >= 11 is 0. The monoisotopic (exact) mass is 253 g/mol. The Balaban J connectivity index is 1.66. The van der Waals surface area contributed by atoms with Gasteiger partial charge in [-0.05, 0) is 25.1 Å². The van der Waals surface area contributed by atoms with Gasteiger partial charge in [0.1, 0.15) is 5.82 Å². The lowest BCUT2D eigenvalue weighted by Crippen LogP contribution is -2.14. The number of aryl methyl sites for hydroxylation is 1. The molecule has 0 aliphatic carbocycles. The first-order valence-electron chi connectivity index (χ1n) is 6.23. The van der Waals surface area contributed by atoms with Crippen molar-refractivity contribution in [1.82, 2.24) is 24.9 Å². The van der Waals surface area contributed by atoms with Crippen molar-refractivity contribution in [2.45, 2.75) is 20.0 Å². The Morgan fingerprint density at radius 2 is 2.16 bits per heavy atom. The summed E-state index contributed by atoms with van der Waals surface area (Å²) in [5.41, 5.74) is 3.32. The molecule has 0 unspecified atom stereocenters. The molecule has 0 amide bonds. The number of nitrogens with zero attached hydrogens (tertiary/aromatic N) is 4. The van der Waals surface area contributed by atoms with Crippen LogP contribution in [-0.2, 0) is 13.1 Å². The van der Waals surface area contributed by atoms with Gasteiger partial charge in [0.05, 0.1) is 17.4 Å². The van der Waals surface area contributed by atoms with E-state index in [9.17, 15) is 0 Å². The van der Waals surface area contributed by atoms with Gasteiger partial charge in [-0.3, -0.25) is 0 Å². The maximum absolute atomic E-state index is 4.36. The van der Waals surface area contributed by atoms with Crippen molar-refractivity contribution in [2.75, 3.05) is 0 Å². The van der Waals surface area contributed by atoms with Crippen molar-refractivity contribution in [3.63, 3.8) is 0 Å². The molecule has 3 aromatic heterocycles. The summed E-state index contributed by atoms with van der Waals surface area (Å²) in [6, 6.07) is 7.99. The Morgan fingerprint density at radius 1 is 1.21 bits per heavy atom. The number of hydrogen-bond donors (Lipinski definition) is 1. The number of aromatic nitrogens is 4. The fourth-order valence-electron chi connectivity index (χ4n) is 2.05. The molecule has 5 nitrogen and oxygen atoms in total. The standard InChI is InChI=1S/C14H15N5/c1-11-16-6-5-13(18-11)10-15-8-12-9-17-19-7-3-2-4-14(12)19/h2-7,9,15H,8,10H2,1H3.